The van der Waals surface area contributed by atoms with Crippen LogP contribution < -0.4 is 16.0 Å². The minimum Gasteiger partial charge on any atom is -0.384 e. The summed E-state index contributed by atoms with van der Waals surface area (Å²) in [5.74, 6) is -0.0429. The zero-order valence-electron chi connectivity index (χ0n) is 19.0. The standard InChI is InChI=1S/C23H41N3O/c1-10-22(6,7)15-24-18-12-17(20(27)26-21(3,4)5)13-19(14-18)25-16-23(8,9)11-2/h12-14,24-25H,10-11,15-16H2,1-9H3,(H,26,27). The van der Waals surface area contributed by atoms with Crippen LogP contribution in [0.15, 0.2) is 18.2 Å². The van der Waals surface area contributed by atoms with E-state index in [1.807, 2.05) is 32.9 Å². The van der Waals surface area contributed by atoms with E-state index >= 15 is 0 Å². The lowest BCUT2D eigenvalue weighted by Gasteiger charge is -2.26. The number of carbonyl (C=O) groups is 1. The summed E-state index contributed by atoms with van der Waals surface area (Å²) in [6.07, 6.45) is 2.19. The molecule has 0 unspecified atom stereocenters. The third-order valence-electron chi connectivity index (χ3n) is 5.14. The van der Waals surface area contributed by atoms with Gasteiger partial charge in [-0.1, -0.05) is 41.5 Å². The summed E-state index contributed by atoms with van der Waals surface area (Å²) >= 11 is 0. The number of rotatable bonds is 9. The molecule has 1 rings (SSSR count). The highest BCUT2D eigenvalue weighted by Crippen LogP contribution is 2.26. The number of benzene rings is 1. The average Bonchev–Trinajstić information content (AvgIpc) is 2.57. The van der Waals surface area contributed by atoms with E-state index in [1.165, 1.54) is 0 Å². The van der Waals surface area contributed by atoms with Crippen LogP contribution in [0.4, 0.5) is 11.4 Å². The Morgan fingerprint density at radius 1 is 0.778 bits per heavy atom. The number of anilines is 2. The van der Waals surface area contributed by atoms with E-state index in [9.17, 15) is 4.79 Å². The third kappa shape index (κ3) is 8.68. The van der Waals surface area contributed by atoms with Crippen molar-refractivity contribution in [1.82, 2.24) is 5.32 Å². The van der Waals surface area contributed by atoms with Gasteiger partial charge in [0.25, 0.3) is 5.91 Å². The summed E-state index contributed by atoms with van der Waals surface area (Å²) in [4.78, 5) is 12.7. The van der Waals surface area contributed by atoms with Gasteiger partial charge in [0.2, 0.25) is 0 Å². The fourth-order valence-corrected chi connectivity index (χ4v) is 2.31. The zero-order valence-corrected chi connectivity index (χ0v) is 19.0. The molecule has 154 valence electrons. The highest BCUT2D eigenvalue weighted by atomic mass is 16.1. The van der Waals surface area contributed by atoms with Gasteiger partial charge in [0.05, 0.1) is 0 Å². The van der Waals surface area contributed by atoms with E-state index in [4.69, 9.17) is 0 Å². The van der Waals surface area contributed by atoms with Gasteiger partial charge in [0, 0.05) is 35.6 Å². The maximum absolute atomic E-state index is 12.7. The molecule has 4 heteroatoms. The summed E-state index contributed by atoms with van der Waals surface area (Å²) in [5.41, 5.74) is 2.80. The topological polar surface area (TPSA) is 53.2 Å². The van der Waals surface area contributed by atoms with Gasteiger partial charge in [0.15, 0.2) is 0 Å². The van der Waals surface area contributed by atoms with E-state index in [0.717, 1.165) is 37.3 Å². The van der Waals surface area contributed by atoms with Crippen molar-refractivity contribution in [2.75, 3.05) is 23.7 Å². The van der Waals surface area contributed by atoms with Crippen molar-refractivity contribution in [2.45, 2.75) is 80.7 Å². The molecule has 3 N–H and O–H groups in total. The first kappa shape index (κ1) is 23.3. The Hall–Kier alpha value is -1.71. The van der Waals surface area contributed by atoms with Gasteiger partial charge in [-0.3, -0.25) is 4.79 Å². The van der Waals surface area contributed by atoms with Crippen LogP contribution >= 0.6 is 0 Å². The van der Waals surface area contributed by atoms with Crippen LogP contribution in [0.2, 0.25) is 0 Å². The second-order valence-corrected chi connectivity index (χ2v) is 10.2. The van der Waals surface area contributed by atoms with Crippen LogP contribution in [0.5, 0.6) is 0 Å². The van der Waals surface area contributed by atoms with Crippen LogP contribution in [0.25, 0.3) is 0 Å². The van der Waals surface area contributed by atoms with E-state index in [2.05, 4.69) is 63.6 Å². The number of hydrogen-bond donors (Lipinski definition) is 3. The van der Waals surface area contributed by atoms with E-state index in [1.54, 1.807) is 0 Å². The lowest BCUT2D eigenvalue weighted by molar-refractivity contribution is 0.0919. The Labute approximate surface area is 166 Å². The second-order valence-electron chi connectivity index (χ2n) is 10.2. The van der Waals surface area contributed by atoms with Crippen molar-refractivity contribution >= 4 is 17.3 Å². The predicted octanol–water partition coefficient (Wildman–Crippen LogP) is 5.91. The van der Waals surface area contributed by atoms with Crippen LogP contribution in [-0.2, 0) is 0 Å². The van der Waals surface area contributed by atoms with Gasteiger partial charge in [-0.15, -0.1) is 0 Å². The summed E-state index contributed by atoms with van der Waals surface area (Å²) < 4.78 is 0. The highest BCUT2D eigenvalue weighted by Gasteiger charge is 2.19. The fourth-order valence-electron chi connectivity index (χ4n) is 2.31. The minimum absolute atomic E-state index is 0.0429. The van der Waals surface area contributed by atoms with Gasteiger partial charge >= 0.3 is 0 Å². The Bertz CT molecular complexity index is 589. The van der Waals surface area contributed by atoms with E-state index in [-0.39, 0.29) is 22.3 Å². The average molecular weight is 376 g/mol. The van der Waals surface area contributed by atoms with Crippen LogP contribution in [0.1, 0.15) is 85.5 Å². The molecule has 0 heterocycles. The first-order valence-corrected chi connectivity index (χ1v) is 10.2. The van der Waals surface area contributed by atoms with Gasteiger partial charge in [-0.05, 0) is 62.6 Å². The summed E-state index contributed by atoms with van der Waals surface area (Å²) in [5, 5.41) is 10.1. The Kier molecular flexibility index (Phi) is 7.76. The van der Waals surface area contributed by atoms with Gasteiger partial charge in [-0.2, -0.15) is 0 Å². The quantitative estimate of drug-likeness (QED) is 0.503. The van der Waals surface area contributed by atoms with Crippen LogP contribution in [-0.4, -0.2) is 24.5 Å². The van der Waals surface area contributed by atoms with Gasteiger partial charge in [-0.25, -0.2) is 0 Å². The molecular weight excluding hydrogens is 334 g/mol. The molecule has 1 aromatic rings. The monoisotopic (exact) mass is 375 g/mol. The number of carbonyl (C=O) groups excluding carboxylic acids is 1. The van der Waals surface area contributed by atoms with Crippen molar-refractivity contribution in [2.24, 2.45) is 10.8 Å². The Balaban J connectivity index is 3.08. The summed E-state index contributed by atoms with van der Waals surface area (Å²) in [6, 6.07) is 6.00. The van der Waals surface area contributed by atoms with E-state index in [0.29, 0.717) is 5.56 Å². The molecule has 1 amide bonds. The largest absolute Gasteiger partial charge is 0.384 e. The number of amides is 1. The highest BCUT2D eigenvalue weighted by molar-refractivity contribution is 5.96. The molecule has 0 fully saturated rings. The Morgan fingerprint density at radius 2 is 1.19 bits per heavy atom. The molecule has 0 saturated carbocycles. The molecular formula is C23H41N3O. The molecule has 27 heavy (non-hydrogen) atoms. The zero-order chi connectivity index (χ0) is 20.9. The molecule has 0 radical (unpaired) electrons. The minimum atomic E-state index is -0.261. The molecule has 0 aliphatic heterocycles. The fraction of sp³-hybridized carbons (Fsp3) is 0.696. The molecule has 0 aromatic heterocycles. The smallest absolute Gasteiger partial charge is 0.251 e. The molecule has 4 nitrogen and oxygen atoms in total. The lowest BCUT2D eigenvalue weighted by atomic mass is 9.90. The molecule has 0 aliphatic rings. The summed E-state index contributed by atoms with van der Waals surface area (Å²) in [6.45, 7) is 21.1. The van der Waals surface area contributed by atoms with Crippen LogP contribution in [0.3, 0.4) is 0 Å². The van der Waals surface area contributed by atoms with Crippen molar-refractivity contribution in [3.8, 4) is 0 Å². The first-order chi connectivity index (χ1) is 12.3. The molecule has 0 bridgehead atoms. The molecule has 0 spiro atoms. The predicted molar refractivity (Wildman–Crippen MR) is 119 cm³/mol. The van der Waals surface area contributed by atoms with Crippen molar-refractivity contribution < 1.29 is 4.79 Å². The van der Waals surface area contributed by atoms with Gasteiger partial charge in [0.1, 0.15) is 0 Å². The first-order valence-electron chi connectivity index (χ1n) is 10.2. The number of nitrogens with one attached hydrogen (secondary N) is 3. The third-order valence-corrected chi connectivity index (χ3v) is 5.14. The normalized spacial score (nSPS) is 12.6. The van der Waals surface area contributed by atoms with E-state index < -0.39 is 0 Å². The maximum atomic E-state index is 12.7. The van der Waals surface area contributed by atoms with Crippen molar-refractivity contribution in [1.29, 1.82) is 0 Å². The molecule has 0 atom stereocenters. The van der Waals surface area contributed by atoms with Gasteiger partial charge < -0.3 is 16.0 Å². The second kappa shape index (κ2) is 8.99. The summed E-state index contributed by atoms with van der Waals surface area (Å²) in [7, 11) is 0. The molecule has 1 aromatic carbocycles. The number of hydrogen-bond acceptors (Lipinski definition) is 3. The maximum Gasteiger partial charge on any atom is 0.251 e. The van der Waals surface area contributed by atoms with Crippen molar-refractivity contribution in [3.05, 3.63) is 23.8 Å². The Morgan fingerprint density at radius 3 is 1.52 bits per heavy atom. The molecule has 0 saturated heterocycles. The lowest BCUT2D eigenvalue weighted by Crippen LogP contribution is -2.40. The van der Waals surface area contributed by atoms with Crippen LogP contribution in [0, 0.1) is 10.8 Å². The molecule has 0 aliphatic carbocycles. The van der Waals surface area contributed by atoms with Crippen molar-refractivity contribution in [3.63, 3.8) is 0 Å². The SMILES string of the molecule is CCC(C)(C)CNc1cc(NCC(C)(C)CC)cc(C(=O)NC(C)(C)C)c1.